The Balaban J connectivity index is 1.67. The molecule has 1 heterocycles. The van der Waals surface area contributed by atoms with Crippen molar-refractivity contribution in [1.82, 2.24) is 9.80 Å². The van der Waals surface area contributed by atoms with Crippen LogP contribution in [-0.2, 0) is 9.53 Å². The van der Waals surface area contributed by atoms with Gasteiger partial charge in [0.1, 0.15) is 17.6 Å². The Kier molecular flexibility index (Phi) is 6.67. The van der Waals surface area contributed by atoms with Crippen LogP contribution in [0.1, 0.15) is 6.92 Å². The molecule has 0 aromatic heterocycles. The molecule has 1 fully saturated rings. The number of carbonyl (C=O) groups excluding carboxylic acids is 1. The predicted octanol–water partition coefficient (Wildman–Crippen LogP) is 1.25. The summed E-state index contributed by atoms with van der Waals surface area (Å²) in [4.78, 5) is 16.5. The van der Waals surface area contributed by atoms with Gasteiger partial charge in [0.25, 0.3) is 0 Å². The fourth-order valence-electron chi connectivity index (χ4n) is 2.50. The summed E-state index contributed by atoms with van der Waals surface area (Å²) in [5, 5.41) is 0. The lowest BCUT2D eigenvalue weighted by Gasteiger charge is -2.33. The average Bonchev–Trinajstić information content (AvgIpc) is 2.55. The van der Waals surface area contributed by atoms with Gasteiger partial charge >= 0.3 is 5.97 Å². The van der Waals surface area contributed by atoms with E-state index in [2.05, 4.69) is 16.8 Å². The molecule has 0 radical (unpaired) electrons. The molecule has 23 heavy (non-hydrogen) atoms. The van der Waals surface area contributed by atoms with Crippen LogP contribution in [-0.4, -0.2) is 75.4 Å². The maximum atomic E-state index is 11.8. The van der Waals surface area contributed by atoms with Gasteiger partial charge in [-0.05, 0) is 38.2 Å². The van der Waals surface area contributed by atoms with Crippen molar-refractivity contribution in [2.75, 3.05) is 53.5 Å². The molecule has 1 aliphatic rings. The largest absolute Gasteiger partial charge is 0.497 e. The third kappa shape index (κ3) is 6.08. The van der Waals surface area contributed by atoms with Crippen molar-refractivity contribution in [2.45, 2.75) is 13.0 Å². The van der Waals surface area contributed by atoms with Crippen LogP contribution in [0.15, 0.2) is 24.3 Å². The first-order valence-electron chi connectivity index (χ1n) is 7.94. The Bertz CT molecular complexity index is 484. The van der Waals surface area contributed by atoms with Crippen LogP contribution in [0.25, 0.3) is 0 Å². The molecule has 0 bridgehead atoms. The van der Waals surface area contributed by atoms with Crippen LogP contribution in [0.3, 0.4) is 0 Å². The topological polar surface area (TPSA) is 51.2 Å². The van der Waals surface area contributed by atoms with Crippen LogP contribution < -0.4 is 9.47 Å². The average molecular weight is 322 g/mol. The Labute approximate surface area is 137 Å². The second-order valence-electron chi connectivity index (χ2n) is 5.87. The first-order chi connectivity index (χ1) is 11.1. The van der Waals surface area contributed by atoms with Gasteiger partial charge in [-0.1, -0.05) is 0 Å². The van der Waals surface area contributed by atoms with Gasteiger partial charge in [-0.25, -0.2) is 4.79 Å². The number of nitrogens with zero attached hydrogens (tertiary/aromatic N) is 2. The molecule has 0 unspecified atom stereocenters. The number of esters is 1. The standard InChI is InChI=1S/C17H26N2O4/c1-14(12-19-10-8-18(2)9-11-19)23-17(20)13-22-16-6-4-15(21-3)5-7-16/h4-7,14H,8-13H2,1-3H3/t14-/m0/s1. The van der Waals surface area contributed by atoms with Gasteiger partial charge in [0.05, 0.1) is 7.11 Å². The highest BCUT2D eigenvalue weighted by molar-refractivity contribution is 5.71. The second-order valence-corrected chi connectivity index (χ2v) is 5.87. The van der Waals surface area contributed by atoms with Crippen molar-refractivity contribution in [3.8, 4) is 11.5 Å². The molecule has 2 rings (SSSR count). The van der Waals surface area contributed by atoms with Crippen molar-refractivity contribution in [3.63, 3.8) is 0 Å². The molecule has 0 aliphatic carbocycles. The molecule has 0 saturated carbocycles. The highest BCUT2D eigenvalue weighted by Gasteiger charge is 2.18. The molecule has 1 aromatic carbocycles. The van der Waals surface area contributed by atoms with Gasteiger partial charge < -0.3 is 19.1 Å². The number of rotatable bonds is 7. The highest BCUT2D eigenvalue weighted by Crippen LogP contribution is 2.16. The van der Waals surface area contributed by atoms with Gasteiger partial charge in [-0.15, -0.1) is 0 Å². The molecule has 6 nitrogen and oxygen atoms in total. The number of piperazine rings is 1. The van der Waals surface area contributed by atoms with Crippen LogP contribution in [0.5, 0.6) is 11.5 Å². The zero-order valence-electron chi connectivity index (χ0n) is 14.2. The molecule has 6 heteroatoms. The predicted molar refractivity (Wildman–Crippen MR) is 88.0 cm³/mol. The number of benzene rings is 1. The summed E-state index contributed by atoms with van der Waals surface area (Å²) < 4.78 is 15.9. The normalized spacial score (nSPS) is 17.5. The molecule has 0 amide bonds. The number of methoxy groups -OCH3 is 1. The SMILES string of the molecule is COc1ccc(OCC(=O)O[C@@H](C)CN2CCN(C)CC2)cc1. The first kappa shape index (κ1) is 17.6. The summed E-state index contributed by atoms with van der Waals surface area (Å²) in [6.45, 7) is 6.75. The summed E-state index contributed by atoms with van der Waals surface area (Å²) in [6.07, 6.45) is -0.134. The molecular weight excluding hydrogens is 296 g/mol. The number of hydrogen-bond acceptors (Lipinski definition) is 6. The van der Waals surface area contributed by atoms with E-state index in [0.29, 0.717) is 5.75 Å². The van der Waals surface area contributed by atoms with Gasteiger partial charge in [0, 0.05) is 32.7 Å². The van der Waals surface area contributed by atoms with Crippen LogP contribution in [0.4, 0.5) is 0 Å². The van der Waals surface area contributed by atoms with E-state index in [1.165, 1.54) is 0 Å². The van der Waals surface area contributed by atoms with E-state index in [-0.39, 0.29) is 18.7 Å². The fourth-order valence-corrected chi connectivity index (χ4v) is 2.50. The Morgan fingerprint density at radius 2 is 1.74 bits per heavy atom. The molecule has 128 valence electrons. The lowest BCUT2D eigenvalue weighted by molar-refractivity contribution is -0.151. The van der Waals surface area contributed by atoms with E-state index < -0.39 is 0 Å². The van der Waals surface area contributed by atoms with Gasteiger partial charge in [0.15, 0.2) is 6.61 Å². The minimum absolute atomic E-state index is 0.0839. The fraction of sp³-hybridized carbons (Fsp3) is 0.588. The molecule has 1 aromatic rings. The summed E-state index contributed by atoms with van der Waals surface area (Å²) in [5.74, 6) is 1.03. The van der Waals surface area contributed by atoms with Gasteiger partial charge in [0.2, 0.25) is 0 Å². The number of ether oxygens (including phenoxy) is 3. The third-order valence-electron chi connectivity index (χ3n) is 3.86. The Morgan fingerprint density at radius 3 is 2.35 bits per heavy atom. The molecule has 0 spiro atoms. The van der Waals surface area contributed by atoms with Crippen molar-refractivity contribution in [2.24, 2.45) is 0 Å². The third-order valence-corrected chi connectivity index (χ3v) is 3.86. The first-order valence-corrected chi connectivity index (χ1v) is 7.94. The van der Waals surface area contributed by atoms with Crippen molar-refractivity contribution in [3.05, 3.63) is 24.3 Å². The van der Waals surface area contributed by atoms with Gasteiger partial charge in [-0.2, -0.15) is 0 Å². The van der Waals surface area contributed by atoms with Crippen molar-refractivity contribution >= 4 is 5.97 Å². The number of likely N-dealkylation sites (N-methyl/N-ethyl adjacent to an activating group) is 1. The van der Waals surface area contributed by atoms with Crippen LogP contribution in [0.2, 0.25) is 0 Å². The van der Waals surface area contributed by atoms with Crippen LogP contribution in [0, 0.1) is 0 Å². The van der Waals surface area contributed by atoms with E-state index in [0.717, 1.165) is 38.5 Å². The summed E-state index contributed by atoms with van der Waals surface area (Å²) >= 11 is 0. The molecule has 1 atom stereocenters. The quantitative estimate of drug-likeness (QED) is 0.704. The Hall–Kier alpha value is -1.79. The molecule has 1 saturated heterocycles. The highest BCUT2D eigenvalue weighted by atomic mass is 16.6. The maximum absolute atomic E-state index is 11.8. The minimum atomic E-state index is -0.345. The second kappa shape index (κ2) is 8.74. The number of carbonyl (C=O) groups is 1. The summed E-state index contributed by atoms with van der Waals surface area (Å²) in [7, 11) is 3.73. The van der Waals surface area contributed by atoms with E-state index in [9.17, 15) is 4.79 Å². The van der Waals surface area contributed by atoms with E-state index in [1.807, 2.05) is 6.92 Å². The smallest absolute Gasteiger partial charge is 0.344 e. The molecular formula is C17H26N2O4. The zero-order chi connectivity index (χ0) is 16.7. The minimum Gasteiger partial charge on any atom is -0.497 e. The Morgan fingerprint density at radius 1 is 1.13 bits per heavy atom. The van der Waals surface area contributed by atoms with E-state index >= 15 is 0 Å². The number of hydrogen-bond donors (Lipinski definition) is 0. The maximum Gasteiger partial charge on any atom is 0.344 e. The summed E-state index contributed by atoms with van der Waals surface area (Å²) in [6, 6.07) is 7.10. The van der Waals surface area contributed by atoms with E-state index in [1.54, 1.807) is 31.4 Å². The lowest BCUT2D eigenvalue weighted by Crippen LogP contribution is -2.47. The van der Waals surface area contributed by atoms with Crippen molar-refractivity contribution in [1.29, 1.82) is 0 Å². The van der Waals surface area contributed by atoms with Gasteiger partial charge in [-0.3, -0.25) is 4.90 Å². The zero-order valence-corrected chi connectivity index (χ0v) is 14.2. The lowest BCUT2D eigenvalue weighted by atomic mass is 10.3. The molecule has 1 aliphatic heterocycles. The van der Waals surface area contributed by atoms with Crippen molar-refractivity contribution < 1.29 is 19.0 Å². The van der Waals surface area contributed by atoms with E-state index in [4.69, 9.17) is 14.2 Å². The monoisotopic (exact) mass is 322 g/mol. The van der Waals surface area contributed by atoms with Crippen LogP contribution >= 0.6 is 0 Å². The summed E-state index contributed by atoms with van der Waals surface area (Å²) in [5.41, 5.74) is 0. The molecule has 0 N–H and O–H groups in total.